The van der Waals surface area contributed by atoms with E-state index in [1.807, 2.05) is 12.3 Å². The summed E-state index contributed by atoms with van der Waals surface area (Å²) in [7, 11) is 0. The molecule has 0 bridgehead atoms. The Kier molecular flexibility index (Phi) is 4.58. The van der Waals surface area contributed by atoms with Crippen molar-refractivity contribution in [3.8, 4) is 0 Å². The third kappa shape index (κ3) is 4.28. The predicted molar refractivity (Wildman–Crippen MR) is 76.1 cm³/mol. The zero-order valence-corrected chi connectivity index (χ0v) is 12.4. The largest absolute Gasteiger partial charge is 0.388 e. The molecule has 0 atom stereocenters. The lowest BCUT2D eigenvalue weighted by Gasteiger charge is -2.34. The molecule has 4 nitrogen and oxygen atoms in total. The molecule has 0 spiro atoms. The average molecular weight is 282 g/mol. The number of nitrogens with one attached hydrogen (secondary N) is 1. The molecule has 2 N–H and O–H groups in total. The summed E-state index contributed by atoms with van der Waals surface area (Å²) in [5.74, 6) is 0.631. The van der Waals surface area contributed by atoms with E-state index >= 15 is 0 Å². The second kappa shape index (κ2) is 6.01. The van der Waals surface area contributed by atoms with Crippen molar-refractivity contribution >= 4 is 17.2 Å². The summed E-state index contributed by atoms with van der Waals surface area (Å²) >= 11 is 1.55. The zero-order valence-electron chi connectivity index (χ0n) is 11.6. The third-order valence-electron chi connectivity index (χ3n) is 3.83. The van der Waals surface area contributed by atoms with Crippen molar-refractivity contribution in [2.75, 3.05) is 6.54 Å². The molecule has 0 unspecified atom stereocenters. The van der Waals surface area contributed by atoms with Crippen LogP contribution in [0.4, 0.5) is 0 Å². The third-order valence-corrected chi connectivity index (χ3v) is 4.65. The maximum atomic E-state index is 11.8. The fraction of sp³-hybridized carbons (Fsp3) is 0.714. The second-order valence-electron chi connectivity index (χ2n) is 5.72. The molecule has 1 aromatic rings. The topological polar surface area (TPSA) is 62.2 Å². The number of hydrogen-bond donors (Lipinski definition) is 2. The molecule has 19 heavy (non-hydrogen) atoms. The summed E-state index contributed by atoms with van der Waals surface area (Å²) in [4.78, 5) is 16.1. The van der Waals surface area contributed by atoms with E-state index in [2.05, 4.69) is 17.2 Å². The van der Waals surface area contributed by atoms with Crippen molar-refractivity contribution in [1.29, 1.82) is 0 Å². The van der Waals surface area contributed by atoms with Gasteiger partial charge in [0.1, 0.15) is 0 Å². The van der Waals surface area contributed by atoms with Gasteiger partial charge in [0.2, 0.25) is 5.91 Å². The molecule has 0 radical (unpaired) electrons. The number of amides is 1. The summed E-state index contributed by atoms with van der Waals surface area (Å²) < 4.78 is 0. The maximum absolute atomic E-state index is 11.8. The van der Waals surface area contributed by atoms with E-state index in [4.69, 9.17) is 0 Å². The number of rotatable bonds is 4. The van der Waals surface area contributed by atoms with Gasteiger partial charge >= 0.3 is 0 Å². The van der Waals surface area contributed by atoms with Crippen molar-refractivity contribution in [2.45, 2.75) is 51.6 Å². The Morgan fingerprint density at radius 2 is 2.26 bits per heavy atom. The first-order valence-electron chi connectivity index (χ1n) is 6.87. The molecule has 0 aliphatic heterocycles. The Morgan fingerprint density at radius 3 is 2.84 bits per heavy atom. The molecular weight excluding hydrogens is 260 g/mol. The molecular formula is C14H22N2O2S. The van der Waals surface area contributed by atoms with Crippen LogP contribution in [0.15, 0.2) is 5.38 Å². The van der Waals surface area contributed by atoms with Gasteiger partial charge in [0.15, 0.2) is 0 Å². The minimum absolute atomic E-state index is 0.0580. The van der Waals surface area contributed by atoms with Crippen LogP contribution in [-0.2, 0) is 11.2 Å². The van der Waals surface area contributed by atoms with Gasteiger partial charge in [-0.1, -0.05) is 6.92 Å². The monoisotopic (exact) mass is 282 g/mol. The van der Waals surface area contributed by atoms with Crippen molar-refractivity contribution < 1.29 is 9.90 Å². The van der Waals surface area contributed by atoms with Crippen LogP contribution in [0.1, 0.15) is 43.3 Å². The highest BCUT2D eigenvalue weighted by Crippen LogP contribution is 2.31. The van der Waals surface area contributed by atoms with E-state index in [0.717, 1.165) is 36.4 Å². The first-order chi connectivity index (χ1) is 8.97. The van der Waals surface area contributed by atoms with Crippen LogP contribution in [0.5, 0.6) is 0 Å². The van der Waals surface area contributed by atoms with Gasteiger partial charge in [0, 0.05) is 11.9 Å². The first kappa shape index (κ1) is 14.5. The molecule has 1 amide bonds. The van der Waals surface area contributed by atoms with Crippen LogP contribution in [0, 0.1) is 12.8 Å². The van der Waals surface area contributed by atoms with E-state index in [1.165, 1.54) is 0 Å². The fourth-order valence-electron chi connectivity index (χ4n) is 2.46. The Bertz CT molecular complexity index is 436. The zero-order chi connectivity index (χ0) is 13.9. The number of thiazole rings is 1. The molecule has 1 aliphatic rings. The lowest BCUT2D eigenvalue weighted by molar-refractivity contribution is -0.122. The summed E-state index contributed by atoms with van der Waals surface area (Å²) in [6, 6.07) is 0. The maximum Gasteiger partial charge on any atom is 0.226 e. The minimum atomic E-state index is -0.708. The summed E-state index contributed by atoms with van der Waals surface area (Å²) in [6.45, 7) is 4.50. The minimum Gasteiger partial charge on any atom is -0.388 e. The highest BCUT2D eigenvalue weighted by atomic mass is 32.1. The molecule has 1 aromatic heterocycles. The molecule has 1 aliphatic carbocycles. The van der Waals surface area contributed by atoms with Crippen molar-refractivity contribution in [3.63, 3.8) is 0 Å². The number of aryl methyl sites for hydroxylation is 1. The van der Waals surface area contributed by atoms with Gasteiger partial charge in [-0.05, 0) is 38.5 Å². The molecule has 5 heteroatoms. The van der Waals surface area contributed by atoms with Gasteiger partial charge in [0.05, 0.1) is 22.7 Å². The van der Waals surface area contributed by atoms with E-state index in [1.54, 1.807) is 11.3 Å². The quantitative estimate of drug-likeness (QED) is 0.888. The highest BCUT2D eigenvalue weighted by molar-refractivity contribution is 7.09. The van der Waals surface area contributed by atoms with Crippen LogP contribution in [-0.4, -0.2) is 28.1 Å². The SMILES string of the molecule is Cc1nc(CC(=O)NCC2(O)CCC(C)CC2)cs1. The molecule has 106 valence electrons. The van der Waals surface area contributed by atoms with Crippen LogP contribution in [0.25, 0.3) is 0 Å². The van der Waals surface area contributed by atoms with E-state index in [-0.39, 0.29) is 5.91 Å². The first-order valence-corrected chi connectivity index (χ1v) is 7.75. The molecule has 0 saturated heterocycles. The van der Waals surface area contributed by atoms with Gasteiger partial charge in [0.25, 0.3) is 0 Å². The molecule has 1 fully saturated rings. The number of nitrogens with zero attached hydrogens (tertiary/aromatic N) is 1. The molecule has 2 rings (SSSR count). The highest BCUT2D eigenvalue weighted by Gasteiger charge is 2.31. The van der Waals surface area contributed by atoms with Crippen LogP contribution < -0.4 is 5.32 Å². The molecule has 1 heterocycles. The van der Waals surface area contributed by atoms with E-state index in [9.17, 15) is 9.90 Å². The van der Waals surface area contributed by atoms with Crippen LogP contribution >= 0.6 is 11.3 Å². The summed E-state index contributed by atoms with van der Waals surface area (Å²) in [5.41, 5.74) is 0.101. The molecule has 0 aromatic carbocycles. The number of aromatic nitrogens is 1. The lowest BCUT2D eigenvalue weighted by Crippen LogP contribution is -2.45. The van der Waals surface area contributed by atoms with Gasteiger partial charge in [-0.15, -0.1) is 11.3 Å². The number of hydrogen-bond acceptors (Lipinski definition) is 4. The Hall–Kier alpha value is -0.940. The van der Waals surface area contributed by atoms with Crippen LogP contribution in [0.3, 0.4) is 0 Å². The Balaban J connectivity index is 1.77. The summed E-state index contributed by atoms with van der Waals surface area (Å²) in [5, 5.41) is 16.1. The van der Waals surface area contributed by atoms with E-state index < -0.39 is 5.60 Å². The number of carbonyl (C=O) groups is 1. The normalized spacial score (nSPS) is 27.2. The Morgan fingerprint density at radius 1 is 1.58 bits per heavy atom. The second-order valence-corrected chi connectivity index (χ2v) is 6.78. The smallest absolute Gasteiger partial charge is 0.226 e. The van der Waals surface area contributed by atoms with Crippen LogP contribution in [0.2, 0.25) is 0 Å². The van der Waals surface area contributed by atoms with Gasteiger partial charge in [-0.25, -0.2) is 4.98 Å². The van der Waals surface area contributed by atoms with Gasteiger partial charge in [-0.3, -0.25) is 4.79 Å². The van der Waals surface area contributed by atoms with E-state index in [0.29, 0.717) is 18.9 Å². The number of aliphatic hydroxyl groups is 1. The van der Waals surface area contributed by atoms with Crippen molar-refractivity contribution in [3.05, 3.63) is 16.1 Å². The number of carbonyl (C=O) groups excluding carboxylic acids is 1. The Labute approximate surface area is 118 Å². The molecule has 1 saturated carbocycles. The summed E-state index contributed by atoms with van der Waals surface area (Å²) in [6.07, 6.45) is 3.95. The standard InChI is InChI=1S/C14H22N2O2S/c1-10-3-5-14(18,6-4-10)9-15-13(17)7-12-8-19-11(2)16-12/h8,10,18H,3-7,9H2,1-2H3,(H,15,17). The fourth-order valence-corrected chi connectivity index (χ4v) is 3.07. The van der Waals surface area contributed by atoms with Crippen molar-refractivity contribution in [1.82, 2.24) is 10.3 Å². The van der Waals surface area contributed by atoms with Gasteiger partial charge < -0.3 is 10.4 Å². The van der Waals surface area contributed by atoms with Crippen molar-refractivity contribution in [2.24, 2.45) is 5.92 Å². The lowest BCUT2D eigenvalue weighted by atomic mass is 9.79. The average Bonchev–Trinajstić information content (AvgIpc) is 2.77. The van der Waals surface area contributed by atoms with Gasteiger partial charge in [-0.2, -0.15) is 0 Å². The predicted octanol–water partition coefficient (Wildman–Crippen LogP) is 2.05.